The Morgan fingerprint density at radius 1 is 1.20 bits per heavy atom. The Kier molecular flexibility index (Phi) is 3.09. The lowest BCUT2D eigenvalue weighted by Gasteiger charge is -2.21. The highest BCUT2D eigenvalue weighted by Crippen LogP contribution is 2.40. The lowest BCUT2D eigenvalue weighted by Crippen LogP contribution is -2.18. The summed E-state index contributed by atoms with van der Waals surface area (Å²) in [5, 5.41) is 1.15. The molecule has 20 heavy (non-hydrogen) atoms. The van der Waals surface area contributed by atoms with Crippen LogP contribution in [0.25, 0.3) is 10.2 Å². The number of ether oxygens (including phenoxy) is 1. The van der Waals surface area contributed by atoms with Crippen molar-refractivity contribution in [1.29, 1.82) is 0 Å². The van der Waals surface area contributed by atoms with Crippen LogP contribution in [-0.2, 0) is 17.6 Å². The number of hydrogen-bond donors (Lipinski definition) is 2. The summed E-state index contributed by atoms with van der Waals surface area (Å²) in [6, 6.07) is 0. The smallest absolute Gasteiger partial charge is 0.152 e. The molecular formula is C14H18N4OS. The second kappa shape index (κ2) is 4.95. The summed E-state index contributed by atoms with van der Waals surface area (Å²) in [6.07, 6.45) is 5.54. The van der Waals surface area contributed by atoms with Crippen LogP contribution in [0.4, 0.5) is 5.82 Å². The van der Waals surface area contributed by atoms with Gasteiger partial charge in [0.15, 0.2) is 5.82 Å². The fourth-order valence-electron chi connectivity index (χ4n) is 3.26. The van der Waals surface area contributed by atoms with Crippen molar-refractivity contribution in [3.05, 3.63) is 16.3 Å². The second-order valence-electron chi connectivity index (χ2n) is 5.50. The van der Waals surface area contributed by atoms with E-state index < -0.39 is 0 Å². The van der Waals surface area contributed by atoms with E-state index in [1.165, 1.54) is 23.3 Å². The molecule has 0 amide bonds. The first-order valence-corrected chi connectivity index (χ1v) is 8.05. The van der Waals surface area contributed by atoms with E-state index in [-0.39, 0.29) is 0 Å². The minimum Gasteiger partial charge on any atom is -0.381 e. The fraction of sp³-hybridized carbons (Fsp3) is 0.571. The van der Waals surface area contributed by atoms with Gasteiger partial charge in [-0.05, 0) is 37.7 Å². The average Bonchev–Trinajstić information content (AvgIpc) is 3.07. The quantitative estimate of drug-likeness (QED) is 0.656. The summed E-state index contributed by atoms with van der Waals surface area (Å²) in [5.74, 6) is 7.83. The molecule has 0 atom stereocenters. The summed E-state index contributed by atoms with van der Waals surface area (Å²) in [7, 11) is 0. The molecule has 0 bridgehead atoms. The number of hydrogen-bond acceptors (Lipinski definition) is 6. The Morgan fingerprint density at radius 3 is 2.85 bits per heavy atom. The van der Waals surface area contributed by atoms with Crippen molar-refractivity contribution < 1.29 is 4.74 Å². The molecule has 106 valence electrons. The van der Waals surface area contributed by atoms with E-state index in [0.29, 0.717) is 5.92 Å². The summed E-state index contributed by atoms with van der Waals surface area (Å²) < 4.78 is 5.42. The normalized spacial score (nSPS) is 19.4. The molecule has 0 radical (unpaired) electrons. The van der Waals surface area contributed by atoms with Gasteiger partial charge in [-0.2, -0.15) is 0 Å². The number of nitrogens with one attached hydrogen (secondary N) is 1. The predicted octanol–water partition coefficient (Wildman–Crippen LogP) is 2.36. The lowest BCUT2D eigenvalue weighted by molar-refractivity contribution is 0.0837. The van der Waals surface area contributed by atoms with Gasteiger partial charge in [0.2, 0.25) is 0 Å². The number of aromatic nitrogens is 2. The Hall–Kier alpha value is -1.24. The molecule has 2 aromatic rings. The standard InChI is InChI=1S/C14H18N4OS/c15-18-13-11-9-2-1-3-10(9)20-14(11)17-12(16-13)8-4-6-19-7-5-8/h8H,1-7,15H2,(H,16,17,18). The largest absolute Gasteiger partial charge is 0.381 e. The van der Waals surface area contributed by atoms with Gasteiger partial charge in [0.25, 0.3) is 0 Å². The van der Waals surface area contributed by atoms with Gasteiger partial charge >= 0.3 is 0 Å². The Morgan fingerprint density at radius 2 is 2.05 bits per heavy atom. The number of hydrazine groups is 1. The van der Waals surface area contributed by atoms with Crippen molar-refractivity contribution in [1.82, 2.24) is 9.97 Å². The molecule has 3 N–H and O–H groups in total. The van der Waals surface area contributed by atoms with E-state index in [4.69, 9.17) is 20.5 Å². The third-order valence-electron chi connectivity index (χ3n) is 4.31. The molecule has 0 aromatic carbocycles. The van der Waals surface area contributed by atoms with E-state index in [1.807, 2.05) is 11.3 Å². The number of rotatable bonds is 2. The molecule has 1 fully saturated rings. The van der Waals surface area contributed by atoms with E-state index in [9.17, 15) is 0 Å². The van der Waals surface area contributed by atoms with Gasteiger partial charge in [-0.1, -0.05) is 0 Å². The van der Waals surface area contributed by atoms with Gasteiger partial charge in [-0.3, -0.25) is 0 Å². The van der Waals surface area contributed by atoms with Gasteiger partial charge in [-0.25, -0.2) is 15.8 Å². The highest BCUT2D eigenvalue weighted by atomic mass is 32.1. The van der Waals surface area contributed by atoms with Crippen molar-refractivity contribution in [2.75, 3.05) is 18.6 Å². The van der Waals surface area contributed by atoms with Gasteiger partial charge in [0.05, 0.1) is 5.39 Å². The molecule has 3 heterocycles. The summed E-state index contributed by atoms with van der Waals surface area (Å²) >= 11 is 1.82. The molecular weight excluding hydrogens is 272 g/mol. The van der Waals surface area contributed by atoms with Crippen molar-refractivity contribution in [3.63, 3.8) is 0 Å². The van der Waals surface area contributed by atoms with Crippen LogP contribution in [0.15, 0.2) is 0 Å². The summed E-state index contributed by atoms with van der Waals surface area (Å²) in [6.45, 7) is 1.61. The van der Waals surface area contributed by atoms with Crippen LogP contribution in [0.1, 0.15) is 41.4 Å². The first-order chi connectivity index (χ1) is 9.86. The lowest BCUT2D eigenvalue weighted by atomic mass is 9.99. The number of anilines is 1. The Bertz CT molecular complexity index is 648. The molecule has 0 saturated carbocycles. The van der Waals surface area contributed by atoms with Crippen molar-refractivity contribution in [2.45, 2.75) is 38.0 Å². The van der Waals surface area contributed by atoms with Crippen molar-refractivity contribution in [2.24, 2.45) is 5.84 Å². The van der Waals surface area contributed by atoms with Crippen molar-refractivity contribution >= 4 is 27.4 Å². The summed E-state index contributed by atoms with van der Waals surface area (Å²) in [4.78, 5) is 12.1. The minimum absolute atomic E-state index is 0.400. The SMILES string of the molecule is NNc1nc(C2CCOCC2)nc2sc3c(c12)CCC3. The maximum absolute atomic E-state index is 5.71. The minimum atomic E-state index is 0.400. The maximum Gasteiger partial charge on any atom is 0.152 e. The van der Waals surface area contributed by atoms with Crippen LogP contribution >= 0.6 is 11.3 Å². The topological polar surface area (TPSA) is 73.1 Å². The first kappa shape index (κ1) is 12.5. The molecule has 4 rings (SSSR count). The van der Waals surface area contributed by atoms with Gasteiger partial charge in [0.1, 0.15) is 10.7 Å². The number of thiophene rings is 1. The molecule has 2 aromatic heterocycles. The molecule has 6 heteroatoms. The molecule has 1 aliphatic carbocycles. The Labute approximate surface area is 121 Å². The third-order valence-corrected chi connectivity index (χ3v) is 5.49. The molecule has 1 aliphatic heterocycles. The van der Waals surface area contributed by atoms with Crippen LogP contribution in [0.5, 0.6) is 0 Å². The molecule has 1 saturated heterocycles. The van der Waals surface area contributed by atoms with Gasteiger partial charge in [-0.15, -0.1) is 11.3 Å². The van der Waals surface area contributed by atoms with E-state index in [1.54, 1.807) is 0 Å². The molecule has 0 spiro atoms. The van der Waals surface area contributed by atoms with Crippen LogP contribution in [0.2, 0.25) is 0 Å². The zero-order valence-electron chi connectivity index (χ0n) is 11.3. The zero-order chi connectivity index (χ0) is 13.5. The maximum atomic E-state index is 5.71. The van der Waals surface area contributed by atoms with Gasteiger partial charge < -0.3 is 10.2 Å². The van der Waals surface area contributed by atoms with E-state index in [2.05, 4.69) is 5.43 Å². The Balaban J connectivity index is 1.84. The van der Waals surface area contributed by atoms with Crippen LogP contribution in [0, 0.1) is 0 Å². The molecule has 0 unspecified atom stereocenters. The van der Waals surface area contributed by atoms with Crippen LogP contribution < -0.4 is 11.3 Å². The number of aryl methyl sites for hydroxylation is 2. The number of nitrogen functional groups attached to an aromatic ring is 1. The molecule has 5 nitrogen and oxygen atoms in total. The van der Waals surface area contributed by atoms with Crippen LogP contribution in [-0.4, -0.2) is 23.2 Å². The zero-order valence-corrected chi connectivity index (χ0v) is 12.1. The average molecular weight is 290 g/mol. The van der Waals surface area contributed by atoms with E-state index >= 15 is 0 Å². The fourth-order valence-corrected chi connectivity index (χ4v) is 4.52. The highest BCUT2D eigenvalue weighted by molar-refractivity contribution is 7.19. The monoisotopic (exact) mass is 290 g/mol. The van der Waals surface area contributed by atoms with E-state index in [0.717, 1.165) is 54.3 Å². The number of nitrogens with two attached hydrogens (primary N) is 1. The summed E-state index contributed by atoms with van der Waals surface area (Å²) in [5.41, 5.74) is 4.20. The number of nitrogens with zero attached hydrogens (tertiary/aromatic N) is 2. The van der Waals surface area contributed by atoms with Crippen LogP contribution in [0.3, 0.4) is 0 Å². The third kappa shape index (κ3) is 1.90. The second-order valence-corrected chi connectivity index (χ2v) is 6.58. The highest BCUT2D eigenvalue weighted by Gasteiger charge is 2.25. The number of fused-ring (bicyclic) bond motifs is 3. The molecule has 2 aliphatic rings. The predicted molar refractivity (Wildman–Crippen MR) is 80.0 cm³/mol. The first-order valence-electron chi connectivity index (χ1n) is 7.23. The van der Waals surface area contributed by atoms with Gasteiger partial charge in [0, 0.05) is 24.0 Å². The van der Waals surface area contributed by atoms with Crippen molar-refractivity contribution in [3.8, 4) is 0 Å².